The number of hydrogen-bond donors (Lipinski definition) is 1. The van der Waals surface area contributed by atoms with Crippen molar-refractivity contribution in [1.82, 2.24) is 4.90 Å². The van der Waals surface area contributed by atoms with E-state index in [0.29, 0.717) is 13.0 Å². The standard InChI is InChI=1S/C17H18O4.C6H15N/c1-20-16(17(18)19)11-13-7-9-15(10-8-13)21-12-14-5-3-2-4-6-14;1-4-7(5-2)6-3/h2-10,16H,11-12H2,1H3,(H,18,19);4-6H2,1-3H3. The van der Waals surface area contributed by atoms with Crippen molar-refractivity contribution in [2.24, 2.45) is 0 Å². The highest BCUT2D eigenvalue weighted by atomic mass is 16.5. The van der Waals surface area contributed by atoms with Crippen molar-refractivity contribution in [3.05, 3.63) is 65.7 Å². The quantitative estimate of drug-likeness (QED) is 0.660. The van der Waals surface area contributed by atoms with Gasteiger partial charge in [0.05, 0.1) is 0 Å². The molecule has 1 atom stereocenters. The van der Waals surface area contributed by atoms with Crippen LogP contribution >= 0.6 is 0 Å². The molecule has 2 rings (SSSR count). The van der Waals surface area contributed by atoms with Gasteiger partial charge in [-0.05, 0) is 42.9 Å². The van der Waals surface area contributed by atoms with Crippen molar-refractivity contribution in [3.63, 3.8) is 0 Å². The van der Waals surface area contributed by atoms with E-state index in [1.165, 1.54) is 26.7 Å². The first-order valence-corrected chi connectivity index (χ1v) is 9.77. The van der Waals surface area contributed by atoms with Gasteiger partial charge < -0.3 is 19.5 Å². The highest BCUT2D eigenvalue weighted by molar-refractivity contribution is 5.72. The zero-order chi connectivity index (χ0) is 20.8. The van der Waals surface area contributed by atoms with Gasteiger partial charge in [-0.2, -0.15) is 0 Å². The molecule has 2 aromatic rings. The lowest BCUT2D eigenvalue weighted by atomic mass is 10.1. The van der Waals surface area contributed by atoms with Gasteiger partial charge in [0.15, 0.2) is 6.10 Å². The van der Waals surface area contributed by atoms with E-state index in [0.717, 1.165) is 16.9 Å². The van der Waals surface area contributed by atoms with Crippen molar-refractivity contribution < 1.29 is 19.4 Å². The predicted molar refractivity (Wildman–Crippen MR) is 113 cm³/mol. The molecule has 2 aromatic carbocycles. The minimum absolute atomic E-state index is 0.338. The SMILES string of the molecule is CCN(CC)CC.COC(Cc1ccc(OCc2ccccc2)cc1)C(=O)O. The molecule has 0 aliphatic carbocycles. The maximum Gasteiger partial charge on any atom is 0.333 e. The third kappa shape index (κ3) is 9.02. The number of carboxylic acids is 1. The summed E-state index contributed by atoms with van der Waals surface area (Å²) in [6.07, 6.45) is -0.480. The Bertz CT molecular complexity index is 649. The molecule has 1 unspecified atom stereocenters. The van der Waals surface area contributed by atoms with E-state index in [1.54, 1.807) is 0 Å². The van der Waals surface area contributed by atoms with Crippen LogP contribution in [0.3, 0.4) is 0 Å². The Kier molecular flexibility index (Phi) is 11.6. The van der Waals surface area contributed by atoms with E-state index >= 15 is 0 Å². The summed E-state index contributed by atoms with van der Waals surface area (Å²) in [5, 5.41) is 8.95. The first-order valence-electron chi connectivity index (χ1n) is 9.77. The van der Waals surface area contributed by atoms with Crippen molar-refractivity contribution in [2.75, 3.05) is 26.7 Å². The van der Waals surface area contributed by atoms with Gasteiger partial charge in [0.1, 0.15) is 12.4 Å². The molecule has 0 amide bonds. The van der Waals surface area contributed by atoms with Crippen molar-refractivity contribution in [1.29, 1.82) is 0 Å². The summed E-state index contributed by atoms with van der Waals surface area (Å²) in [6.45, 7) is 10.6. The van der Waals surface area contributed by atoms with Crippen LogP contribution in [-0.2, 0) is 22.6 Å². The van der Waals surface area contributed by atoms with Gasteiger partial charge in [0, 0.05) is 13.5 Å². The molecule has 0 radical (unpaired) electrons. The van der Waals surface area contributed by atoms with Gasteiger partial charge in [-0.3, -0.25) is 0 Å². The molecule has 0 bridgehead atoms. The molecular formula is C23H33NO4. The van der Waals surface area contributed by atoms with Crippen LogP contribution in [0.1, 0.15) is 31.9 Å². The number of benzene rings is 2. The lowest BCUT2D eigenvalue weighted by Gasteiger charge is -2.13. The molecule has 0 heterocycles. The summed E-state index contributed by atoms with van der Waals surface area (Å²) in [5.74, 6) is -0.200. The largest absolute Gasteiger partial charge is 0.489 e. The maximum absolute atomic E-state index is 10.9. The Hall–Kier alpha value is -2.37. The Morgan fingerprint density at radius 3 is 1.93 bits per heavy atom. The number of hydrogen-bond acceptors (Lipinski definition) is 4. The molecule has 0 saturated carbocycles. The van der Waals surface area contributed by atoms with Crippen LogP contribution in [0.25, 0.3) is 0 Å². The average molecular weight is 388 g/mol. The van der Waals surface area contributed by atoms with E-state index < -0.39 is 12.1 Å². The second-order valence-electron chi connectivity index (χ2n) is 6.30. The minimum atomic E-state index is -0.957. The van der Waals surface area contributed by atoms with Crippen LogP contribution < -0.4 is 4.74 Å². The summed E-state index contributed by atoms with van der Waals surface area (Å²) >= 11 is 0. The lowest BCUT2D eigenvalue weighted by Crippen LogP contribution is -2.24. The Balaban J connectivity index is 0.000000480. The van der Waals surface area contributed by atoms with E-state index in [9.17, 15) is 4.79 Å². The number of aliphatic carboxylic acids is 1. The highest BCUT2D eigenvalue weighted by Crippen LogP contribution is 2.16. The normalized spacial score (nSPS) is 11.5. The Morgan fingerprint density at radius 2 is 1.50 bits per heavy atom. The summed E-state index contributed by atoms with van der Waals surface area (Å²) < 4.78 is 10.6. The van der Waals surface area contributed by atoms with E-state index in [1.807, 2.05) is 54.6 Å². The van der Waals surface area contributed by atoms with Gasteiger partial charge in [0.2, 0.25) is 0 Å². The summed E-state index contributed by atoms with van der Waals surface area (Å²) in [5.41, 5.74) is 2.00. The number of carbonyl (C=O) groups is 1. The highest BCUT2D eigenvalue weighted by Gasteiger charge is 2.16. The molecule has 0 spiro atoms. The van der Waals surface area contributed by atoms with E-state index in [2.05, 4.69) is 25.7 Å². The molecule has 0 aromatic heterocycles. The zero-order valence-electron chi connectivity index (χ0n) is 17.4. The molecule has 5 heteroatoms. The molecule has 154 valence electrons. The average Bonchev–Trinajstić information content (AvgIpc) is 2.73. The molecule has 28 heavy (non-hydrogen) atoms. The minimum Gasteiger partial charge on any atom is -0.489 e. The molecule has 1 N–H and O–H groups in total. The molecule has 5 nitrogen and oxygen atoms in total. The summed E-state index contributed by atoms with van der Waals surface area (Å²) in [4.78, 5) is 13.3. The molecular weight excluding hydrogens is 354 g/mol. The van der Waals surface area contributed by atoms with Crippen LogP contribution in [0, 0.1) is 0 Å². The summed E-state index contributed by atoms with van der Waals surface area (Å²) in [6, 6.07) is 17.3. The number of methoxy groups -OCH3 is 1. The molecule has 0 fully saturated rings. The predicted octanol–water partition coefficient (Wildman–Crippen LogP) is 4.26. The van der Waals surface area contributed by atoms with Crippen molar-refractivity contribution >= 4 is 5.97 Å². The monoisotopic (exact) mass is 387 g/mol. The van der Waals surface area contributed by atoms with E-state index in [4.69, 9.17) is 14.6 Å². The number of rotatable bonds is 10. The molecule has 0 aliphatic heterocycles. The lowest BCUT2D eigenvalue weighted by molar-refractivity contribution is -0.148. The topological polar surface area (TPSA) is 59.0 Å². The van der Waals surface area contributed by atoms with E-state index in [-0.39, 0.29) is 0 Å². The van der Waals surface area contributed by atoms with Crippen molar-refractivity contribution in [2.45, 2.75) is 39.9 Å². The second-order valence-corrected chi connectivity index (χ2v) is 6.30. The van der Waals surface area contributed by atoms with Crippen LogP contribution in [0.2, 0.25) is 0 Å². The van der Waals surface area contributed by atoms with Crippen LogP contribution in [0.5, 0.6) is 5.75 Å². The van der Waals surface area contributed by atoms with Crippen LogP contribution in [-0.4, -0.2) is 48.8 Å². The van der Waals surface area contributed by atoms with Crippen LogP contribution in [0.15, 0.2) is 54.6 Å². The number of nitrogens with zero attached hydrogens (tertiary/aromatic N) is 1. The Morgan fingerprint density at radius 1 is 0.929 bits per heavy atom. The first kappa shape index (κ1) is 23.7. The molecule has 0 saturated heterocycles. The maximum atomic E-state index is 10.9. The van der Waals surface area contributed by atoms with Gasteiger partial charge >= 0.3 is 5.97 Å². The summed E-state index contributed by atoms with van der Waals surface area (Å²) in [7, 11) is 1.40. The first-order chi connectivity index (χ1) is 13.5. The fraction of sp³-hybridized carbons (Fsp3) is 0.435. The third-order valence-electron chi connectivity index (χ3n) is 4.49. The smallest absolute Gasteiger partial charge is 0.333 e. The van der Waals surface area contributed by atoms with Gasteiger partial charge in [-0.25, -0.2) is 4.79 Å². The number of carboxylic acid groups (broad SMARTS) is 1. The van der Waals surface area contributed by atoms with Crippen LogP contribution in [0.4, 0.5) is 0 Å². The number of ether oxygens (including phenoxy) is 2. The third-order valence-corrected chi connectivity index (χ3v) is 4.49. The fourth-order valence-corrected chi connectivity index (χ4v) is 2.62. The van der Waals surface area contributed by atoms with Gasteiger partial charge in [-0.1, -0.05) is 63.2 Å². The Labute approximate surface area is 168 Å². The zero-order valence-corrected chi connectivity index (χ0v) is 17.4. The molecule has 0 aliphatic rings. The van der Waals surface area contributed by atoms with Crippen molar-refractivity contribution in [3.8, 4) is 5.75 Å². The second kappa shape index (κ2) is 13.7. The fourth-order valence-electron chi connectivity index (χ4n) is 2.62. The van der Waals surface area contributed by atoms with Gasteiger partial charge in [0.25, 0.3) is 0 Å². The van der Waals surface area contributed by atoms with Gasteiger partial charge in [-0.15, -0.1) is 0 Å².